The molecule has 1 fully saturated rings. The van der Waals surface area contributed by atoms with Crippen LogP contribution >= 0.6 is 11.6 Å². The molecule has 3 rings (SSSR count). The minimum absolute atomic E-state index is 0.651. The van der Waals surface area contributed by atoms with Crippen LogP contribution in [0.25, 0.3) is 0 Å². The van der Waals surface area contributed by atoms with Gasteiger partial charge in [0.25, 0.3) is 0 Å². The van der Waals surface area contributed by atoms with Gasteiger partial charge in [-0.05, 0) is 55.2 Å². The molecule has 1 heterocycles. The van der Waals surface area contributed by atoms with Crippen molar-refractivity contribution in [2.24, 2.45) is 4.99 Å². The zero-order valence-electron chi connectivity index (χ0n) is 13.3. The molecule has 0 amide bonds. The van der Waals surface area contributed by atoms with Gasteiger partial charge in [0, 0.05) is 30.0 Å². The molecule has 0 saturated carbocycles. The Labute approximate surface area is 142 Å². The van der Waals surface area contributed by atoms with Gasteiger partial charge in [-0.1, -0.05) is 23.7 Å². The zero-order valence-corrected chi connectivity index (χ0v) is 14.1. The van der Waals surface area contributed by atoms with E-state index in [-0.39, 0.29) is 0 Å². The highest BCUT2D eigenvalue weighted by Gasteiger charge is 2.10. The van der Waals surface area contributed by atoms with Crippen LogP contribution in [0.1, 0.15) is 24.8 Å². The van der Waals surface area contributed by atoms with E-state index in [1.807, 2.05) is 12.3 Å². The number of ether oxygens (including phenoxy) is 1. The van der Waals surface area contributed by atoms with Crippen molar-refractivity contribution < 1.29 is 4.74 Å². The summed E-state index contributed by atoms with van der Waals surface area (Å²) < 4.78 is 5.31. The van der Waals surface area contributed by atoms with Gasteiger partial charge in [0.2, 0.25) is 0 Å². The van der Waals surface area contributed by atoms with Gasteiger partial charge in [0.05, 0.1) is 7.11 Å². The summed E-state index contributed by atoms with van der Waals surface area (Å²) in [4.78, 5) is 6.95. The number of hydrogen-bond donors (Lipinski definition) is 0. The van der Waals surface area contributed by atoms with Gasteiger partial charge in [-0.25, -0.2) is 0 Å². The minimum Gasteiger partial charge on any atom is -0.494 e. The van der Waals surface area contributed by atoms with E-state index >= 15 is 0 Å². The van der Waals surface area contributed by atoms with Crippen LogP contribution in [0.3, 0.4) is 0 Å². The van der Waals surface area contributed by atoms with Crippen molar-refractivity contribution in [1.82, 2.24) is 0 Å². The number of piperidine rings is 1. The summed E-state index contributed by atoms with van der Waals surface area (Å²) in [5.41, 5.74) is 3.09. The number of aliphatic imine (C=N–C) groups is 1. The van der Waals surface area contributed by atoms with E-state index in [9.17, 15) is 0 Å². The summed E-state index contributed by atoms with van der Waals surface area (Å²) in [6, 6.07) is 14.0. The van der Waals surface area contributed by atoms with Crippen molar-refractivity contribution in [2.45, 2.75) is 19.3 Å². The van der Waals surface area contributed by atoms with Crippen molar-refractivity contribution in [3.05, 3.63) is 53.1 Å². The van der Waals surface area contributed by atoms with E-state index in [1.165, 1.54) is 24.9 Å². The number of halogens is 1. The third-order valence-electron chi connectivity index (χ3n) is 4.11. The van der Waals surface area contributed by atoms with Crippen LogP contribution in [0.2, 0.25) is 5.02 Å². The maximum atomic E-state index is 6.03. The van der Waals surface area contributed by atoms with Crippen molar-refractivity contribution >= 4 is 29.2 Å². The predicted molar refractivity (Wildman–Crippen MR) is 97.8 cm³/mol. The summed E-state index contributed by atoms with van der Waals surface area (Å²) in [6.45, 7) is 2.32. The molecule has 0 bridgehead atoms. The summed E-state index contributed by atoms with van der Waals surface area (Å²) in [7, 11) is 1.63. The molecule has 0 aliphatic carbocycles. The van der Waals surface area contributed by atoms with Crippen LogP contribution in [-0.4, -0.2) is 26.4 Å². The number of anilines is 1. The van der Waals surface area contributed by atoms with Crippen LogP contribution in [0.5, 0.6) is 5.75 Å². The van der Waals surface area contributed by atoms with Crippen LogP contribution in [0.15, 0.2) is 47.5 Å². The van der Waals surface area contributed by atoms with E-state index in [4.69, 9.17) is 16.3 Å². The molecule has 1 aliphatic heterocycles. The van der Waals surface area contributed by atoms with Gasteiger partial charge in [-0.2, -0.15) is 0 Å². The zero-order chi connectivity index (χ0) is 16.1. The van der Waals surface area contributed by atoms with Crippen LogP contribution in [0, 0.1) is 0 Å². The average molecular weight is 329 g/mol. The molecule has 4 heteroatoms. The molecule has 3 nitrogen and oxygen atoms in total. The molecule has 120 valence electrons. The first kappa shape index (κ1) is 15.9. The lowest BCUT2D eigenvalue weighted by molar-refractivity contribution is 0.416. The molecule has 0 radical (unpaired) electrons. The lowest BCUT2D eigenvalue weighted by atomic mass is 10.1. The van der Waals surface area contributed by atoms with Crippen molar-refractivity contribution in [2.75, 3.05) is 25.1 Å². The van der Waals surface area contributed by atoms with Crippen molar-refractivity contribution in [3.63, 3.8) is 0 Å². The second-order valence-corrected chi connectivity index (χ2v) is 6.15. The summed E-state index contributed by atoms with van der Waals surface area (Å²) in [5, 5.41) is 0.651. The Kier molecular flexibility index (Phi) is 5.19. The fraction of sp³-hybridized carbons (Fsp3) is 0.316. The quantitative estimate of drug-likeness (QED) is 0.730. The number of nitrogens with zero attached hydrogens (tertiary/aromatic N) is 2. The largest absolute Gasteiger partial charge is 0.494 e. The van der Waals surface area contributed by atoms with E-state index in [2.05, 4.69) is 34.2 Å². The summed E-state index contributed by atoms with van der Waals surface area (Å²) >= 11 is 6.03. The van der Waals surface area contributed by atoms with Crippen LogP contribution in [0.4, 0.5) is 11.4 Å². The number of hydrogen-bond acceptors (Lipinski definition) is 3. The molecule has 2 aromatic rings. The first-order valence-electron chi connectivity index (χ1n) is 7.99. The number of rotatable bonds is 4. The molecule has 23 heavy (non-hydrogen) atoms. The maximum absolute atomic E-state index is 6.03. The average Bonchev–Trinajstić information content (AvgIpc) is 2.61. The molecule has 0 aromatic heterocycles. The van der Waals surface area contributed by atoms with Gasteiger partial charge >= 0.3 is 0 Å². The monoisotopic (exact) mass is 328 g/mol. The first-order valence-corrected chi connectivity index (χ1v) is 8.37. The van der Waals surface area contributed by atoms with Crippen molar-refractivity contribution in [3.8, 4) is 5.75 Å². The fourth-order valence-electron chi connectivity index (χ4n) is 2.83. The SMILES string of the molecule is COc1ccc(Cl)cc1N=Cc1ccc(N2CCCCC2)cc1. The van der Waals surface area contributed by atoms with Gasteiger partial charge < -0.3 is 9.64 Å². The number of benzene rings is 2. The molecule has 1 saturated heterocycles. The van der Waals surface area contributed by atoms with E-state index in [1.54, 1.807) is 19.2 Å². The van der Waals surface area contributed by atoms with E-state index in [0.717, 1.165) is 30.1 Å². The minimum atomic E-state index is 0.651. The highest BCUT2D eigenvalue weighted by molar-refractivity contribution is 6.30. The smallest absolute Gasteiger partial charge is 0.144 e. The third kappa shape index (κ3) is 4.05. The van der Waals surface area contributed by atoms with E-state index < -0.39 is 0 Å². The Morgan fingerprint density at radius 3 is 2.48 bits per heavy atom. The summed E-state index contributed by atoms with van der Waals surface area (Å²) in [5.74, 6) is 0.718. The van der Waals surface area contributed by atoms with Crippen LogP contribution in [-0.2, 0) is 0 Å². The predicted octanol–water partition coefficient (Wildman–Crippen LogP) is 5.09. The van der Waals surface area contributed by atoms with Gasteiger partial charge in [-0.15, -0.1) is 0 Å². The maximum Gasteiger partial charge on any atom is 0.144 e. The highest BCUT2D eigenvalue weighted by Crippen LogP contribution is 2.30. The molecule has 0 atom stereocenters. The molecule has 1 aliphatic rings. The number of methoxy groups -OCH3 is 1. The van der Waals surface area contributed by atoms with Gasteiger partial charge in [0.15, 0.2) is 0 Å². The first-order chi connectivity index (χ1) is 11.3. The normalized spacial score (nSPS) is 15.1. The van der Waals surface area contributed by atoms with Crippen molar-refractivity contribution in [1.29, 1.82) is 0 Å². The highest BCUT2D eigenvalue weighted by atomic mass is 35.5. The Morgan fingerprint density at radius 2 is 1.78 bits per heavy atom. The molecule has 0 spiro atoms. The van der Waals surface area contributed by atoms with Gasteiger partial charge in [0.1, 0.15) is 11.4 Å². The Morgan fingerprint density at radius 1 is 1.04 bits per heavy atom. The Bertz CT molecular complexity index is 676. The topological polar surface area (TPSA) is 24.8 Å². The Hall–Kier alpha value is -2.00. The molecule has 0 N–H and O–H groups in total. The molecule has 2 aromatic carbocycles. The summed E-state index contributed by atoms with van der Waals surface area (Å²) in [6.07, 6.45) is 5.77. The molecular formula is C19H21ClN2O. The second kappa shape index (κ2) is 7.51. The second-order valence-electron chi connectivity index (χ2n) is 5.71. The van der Waals surface area contributed by atoms with Crippen LogP contribution < -0.4 is 9.64 Å². The fourth-order valence-corrected chi connectivity index (χ4v) is 3.00. The third-order valence-corrected chi connectivity index (χ3v) is 4.34. The van der Waals surface area contributed by atoms with E-state index in [0.29, 0.717) is 5.02 Å². The molecular weight excluding hydrogens is 308 g/mol. The van der Waals surface area contributed by atoms with Gasteiger partial charge in [-0.3, -0.25) is 4.99 Å². The lowest BCUT2D eigenvalue weighted by Gasteiger charge is -2.28. The standard InChI is InChI=1S/C19H21ClN2O/c1-23-19-10-7-16(20)13-18(19)21-14-15-5-8-17(9-6-15)22-11-3-2-4-12-22/h5-10,13-14H,2-4,11-12H2,1H3. The Balaban J connectivity index is 1.74. The lowest BCUT2D eigenvalue weighted by Crippen LogP contribution is -2.29. The molecule has 0 unspecified atom stereocenters.